The summed E-state index contributed by atoms with van der Waals surface area (Å²) in [4.78, 5) is 0. The second-order valence-electron chi connectivity index (χ2n) is 3.74. The first-order chi connectivity index (χ1) is 8.13. The van der Waals surface area contributed by atoms with Gasteiger partial charge >= 0.3 is 0 Å². The van der Waals surface area contributed by atoms with Crippen molar-refractivity contribution in [1.29, 1.82) is 0 Å². The minimum absolute atomic E-state index is 0.307. The highest BCUT2D eigenvalue weighted by atomic mass is 32.2. The van der Waals surface area contributed by atoms with Crippen molar-refractivity contribution < 1.29 is 25.2 Å². The van der Waals surface area contributed by atoms with E-state index in [1.807, 2.05) is 0 Å². The molecule has 0 bridgehead atoms. The van der Waals surface area contributed by atoms with E-state index in [4.69, 9.17) is 9.84 Å². The molecule has 1 unspecified atom stereocenters. The van der Waals surface area contributed by atoms with E-state index in [-0.39, 0.29) is 6.61 Å². The van der Waals surface area contributed by atoms with Gasteiger partial charge in [0.05, 0.1) is 24.2 Å². The molecule has 0 saturated carbocycles. The summed E-state index contributed by atoms with van der Waals surface area (Å²) in [5, 5.41) is 43.7. The summed E-state index contributed by atoms with van der Waals surface area (Å²) in [6, 6.07) is 1.57. The molecule has 2 heterocycles. The first-order valence-corrected chi connectivity index (χ1v) is 6.04. The number of aliphatic hydroxyl groups excluding tert-OH is 4. The van der Waals surface area contributed by atoms with Crippen LogP contribution < -0.4 is 4.74 Å². The first kappa shape index (κ1) is 12.7. The van der Waals surface area contributed by atoms with Gasteiger partial charge in [0.2, 0.25) is 5.88 Å². The highest BCUT2D eigenvalue weighted by molar-refractivity contribution is 8.00. The molecule has 2 rings (SSSR count). The predicted molar refractivity (Wildman–Crippen MR) is 59.5 cm³/mol. The van der Waals surface area contributed by atoms with Gasteiger partial charge in [-0.3, -0.25) is 0 Å². The highest BCUT2D eigenvalue weighted by Crippen LogP contribution is 2.33. The van der Waals surface area contributed by atoms with E-state index in [1.165, 1.54) is 6.20 Å². The van der Waals surface area contributed by atoms with Gasteiger partial charge in [-0.05, 0) is 0 Å². The first-order valence-electron chi connectivity index (χ1n) is 5.10. The summed E-state index contributed by atoms with van der Waals surface area (Å²) in [6.45, 7) is -0.307. The molecule has 1 aromatic heterocycles. The fourth-order valence-corrected chi connectivity index (χ4v) is 2.83. The molecular formula is C9H14N2O5S. The van der Waals surface area contributed by atoms with Crippen LogP contribution in [0.1, 0.15) is 0 Å². The number of hydrogen-bond acceptors (Lipinski definition) is 7. The van der Waals surface area contributed by atoms with Crippen LogP contribution in [0.2, 0.25) is 0 Å². The lowest BCUT2D eigenvalue weighted by atomic mass is 10.0. The summed E-state index contributed by atoms with van der Waals surface area (Å²) in [5.74, 6) is 0.349. The van der Waals surface area contributed by atoms with Gasteiger partial charge in [0.1, 0.15) is 12.2 Å². The van der Waals surface area contributed by atoms with E-state index in [2.05, 4.69) is 10.2 Å². The lowest BCUT2D eigenvalue weighted by Crippen LogP contribution is -2.55. The van der Waals surface area contributed by atoms with Crippen LogP contribution >= 0.6 is 11.8 Å². The molecule has 0 aromatic carbocycles. The Labute approximate surface area is 101 Å². The van der Waals surface area contributed by atoms with Crippen LogP contribution in [0, 0.1) is 0 Å². The number of rotatable bonds is 3. The summed E-state index contributed by atoms with van der Waals surface area (Å²) >= 11 is 1.07. The van der Waals surface area contributed by atoms with Crippen LogP contribution in [-0.4, -0.2) is 66.2 Å². The molecule has 1 fully saturated rings. The zero-order chi connectivity index (χ0) is 12.4. The van der Waals surface area contributed by atoms with E-state index in [0.29, 0.717) is 5.88 Å². The van der Waals surface area contributed by atoms with E-state index in [0.717, 1.165) is 11.8 Å². The Hall–Kier alpha value is -0.800. The molecule has 0 radical (unpaired) electrons. The van der Waals surface area contributed by atoms with Crippen LogP contribution in [0.3, 0.4) is 0 Å². The molecule has 0 aliphatic carbocycles. The molecule has 1 aromatic rings. The number of thioether (sulfide) groups is 1. The number of aliphatic hydroxyl groups is 4. The van der Waals surface area contributed by atoms with Crippen molar-refractivity contribution in [3.05, 3.63) is 12.3 Å². The quantitative estimate of drug-likeness (QED) is 0.441. The second-order valence-corrected chi connectivity index (χ2v) is 5.08. The topological polar surface area (TPSA) is 119 Å². The number of H-pyrrole nitrogens is 1. The van der Waals surface area contributed by atoms with Crippen LogP contribution in [0.5, 0.6) is 5.88 Å². The molecule has 5 N–H and O–H groups in total. The average Bonchev–Trinajstić information content (AvgIpc) is 2.83. The number of hydrogen-bond donors (Lipinski definition) is 5. The van der Waals surface area contributed by atoms with Crippen molar-refractivity contribution in [1.82, 2.24) is 10.2 Å². The van der Waals surface area contributed by atoms with Gasteiger partial charge in [-0.2, -0.15) is 5.10 Å². The lowest BCUT2D eigenvalue weighted by molar-refractivity contribution is -0.0914. The molecule has 8 heteroatoms. The fraction of sp³-hybridized carbons (Fsp3) is 0.667. The third-order valence-corrected chi connectivity index (χ3v) is 3.99. The zero-order valence-corrected chi connectivity index (χ0v) is 9.62. The zero-order valence-electron chi connectivity index (χ0n) is 8.80. The average molecular weight is 262 g/mol. The number of aromatic amines is 1. The molecule has 17 heavy (non-hydrogen) atoms. The minimum atomic E-state index is -1.35. The maximum Gasteiger partial charge on any atom is 0.210 e. The van der Waals surface area contributed by atoms with E-state index >= 15 is 0 Å². The lowest BCUT2D eigenvalue weighted by Gasteiger charge is -2.38. The van der Waals surface area contributed by atoms with Gasteiger partial charge in [-0.1, -0.05) is 0 Å². The highest BCUT2D eigenvalue weighted by Gasteiger charge is 2.44. The number of nitrogens with one attached hydrogen (secondary N) is 1. The molecule has 0 spiro atoms. The van der Waals surface area contributed by atoms with Crippen molar-refractivity contribution in [2.75, 3.05) is 6.61 Å². The van der Waals surface area contributed by atoms with Crippen LogP contribution in [-0.2, 0) is 0 Å². The van der Waals surface area contributed by atoms with Crippen LogP contribution in [0.4, 0.5) is 0 Å². The molecule has 1 aliphatic heterocycles. The van der Waals surface area contributed by atoms with Crippen LogP contribution in [0.15, 0.2) is 12.3 Å². The predicted octanol–water partition coefficient (Wildman–Crippen LogP) is -1.70. The summed E-state index contributed by atoms with van der Waals surface area (Å²) in [5.41, 5.74) is -0.772. The van der Waals surface area contributed by atoms with Gasteiger partial charge in [0.15, 0.2) is 5.44 Å². The molecule has 0 amide bonds. The minimum Gasteiger partial charge on any atom is -0.461 e. The van der Waals surface area contributed by atoms with Crippen molar-refractivity contribution in [2.24, 2.45) is 0 Å². The maximum atomic E-state index is 9.75. The third-order valence-electron chi connectivity index (χ3n) is 2.57. The van der Waals surface area contributed by atoms with Gasteiger partial charge < -0.3 is 25.2 Å². The Balaban J connectivity index is 2.06. The van der Waals surface area contributed by atoms with Gasteiger partial charge in [0.25, 0.3) is 0 Å². The smallest absolute Gasteiger partial charge is 0.210 e. The SMILES string of the molecule is OC[C@H]1SC(Oc2ccn[nH]2)[C@H](O)[C@@H](O)[C@@H]1O. The third kappa shape index (κ3) is 2.55. The largest absolute Gasteiger partial charge is 0.461 e. The summed E-state index contributed by atoms with van der Waals surface area (Å²) in [6.07, 6.45) is -2.27. The van der Waals surface area contributed by atoms with E-state index in [1.54, 1.807) is 6.07 Å². The van der Waals surface area contributed by atoms with Crippen molar-refractivity contribution in [3.8, 4) is 5.88 Å². The van der Waals surface area contributed by atoms with E-state index < -0.39 is 29.0 Å². The Bertz CT molecular complexity index is 347. The van der Waals surface area contributed by atoms with Gasteiger partial charge in [-0.15, -0.1) is 11.8 Å². The Kier molecular flexibility index (Phi) is 3.89. The van der Waals surface area contributed by atoms with Gasteiger partial charge in [0, 0.05) is 6.07 Å². The molecule has 7 nitrogen and oxygen atoms in total. The Morgan fingerprint density at radius 1 is 1.29 bits per heavy atom. The number of nitrogens with zero attached hydrogens (tertiary/aromatic N) is 1. The second kappa shape index (κ2) is 5.23. The molecular weight excluding hydrogens is 248 g/mol. The Morgan fingerprint density at radius 3 is 2.65 bits per heavy atom. The van der Waals surface area contributed by atoms with Crippen molar-refractivity contribution in [2.45, 2.75) is 29.0 Å². The number of ether oxygens (including phenoxy) is 1. The summed E-state index contributed by atoms with van der Waals surface area (Å²) in [7, 11) is 0. The molecule has 96 valence electrons. The standard InChI is InChI=1S/C9H14N2O5S/c12-3-4-6(13)7(14)8(15)9(17-4)16-5-1-2-10-11-5/h1-2,4,6-9,12-15H,3H2,(H,10,11)/t4-,6-,7+,8-,9?/m1/s1. The van der Waals surface area contributed by atoms with Crippen LogP contribution in [0.25, 0.3) is 0 Å². The fourth-order valence-electron chi connectivity index (χ4n) is 1.60. The van der Waals surface area contributed by atoms with E-state index in [9.17, 15) is 15.3 Å². The molecule has 1 saturated heterocycles. The summed E-state index contributed by atoms with van der Waals surface area (Å²) < 4.78 is 5.37. The number of aromatic nitrogens is 2. The monoisotopic (exact) mass is 262 g/mol. The maximum absolute atomic E-state index is 9.75. The van der Waals surface area contributed by atoms with Crippen molar-refractivity contribution >= 4 is 11.8 Å². The Morgan fingerprint density at radius 2 is 2.06 bits per heavy atom. The normalized spacial score (nSPS) is 38.0. The molecule has 5 atom stereocenters. The molecule has 1 aliphatic rings. The van der Waals surface area contributed by atoms with Gasteiger partial charge in [-0.25, -0.2) is 5.10 Å². The van der Waals surface area contributed by atoms with Crippen molar-refractivity contribution in [3.63, 3.8) is 0 Å².